The van der Waals surface area contributed by atoms with Gasteiger partial charge in [0, 0.05) is 42.2 Å². The molecule has 2 aromatic rings. The predicted molar refractivity (Wildman–Crippen MR) is 104 cm³/mol. The molecule has 0 bridgehead atoms. The van der Waals surface area contributed by atoms with Gasteiger partial charge in [-0.15, -0.1) is 12.6 Å². The minimum Gasteiger partial charge on any atom is -0.459 e. The third kappa shape index (κ3) is 3.63. The van der Waals surface area contributed by atoms with Crippen molar-refractivity contribution in [2.75, 3.05) is 26.2 Å². The average molecular weight is 411 g/mol. The molecule has 2 amide bonds. The van der Waals surface area contributed by atoms with Crippen molar-refractivity contribution in [1.82, 2.24) is 9.80 Å². The molecular weight excluding hydrogens is 395 g/mol. The van der Waals surface area contributed by atoms with Crippen LogP contribution in [0.1, 0.15) is 16.1 Å². The van der Waals surface area contributed by atoms with Crippen LogP contribution in [0.2, 0.25) is 10.0 Å². The van der Waals surface area contributed by atoms with Crippen molar-refractivity contribution in [1.29, 1.82) is 0 Å². The predicted octanol–water partition coefficient (Wildman–Crippen LogP) is 3.87. The summed E-state index contributed by atoms with van der Waals surface area (Å²) >= 11 is 16.5. The zero-order valence-electron chi connectivity index (χ0n) is 13.7. The molecule has 8 heteroatoms. The highest BCUT2D eigenvalue weighted by molar-refractivity contribution is 7.80. The van der Waals surface area contributed by atoms with Crippen molar-refractivity contribution < 1.29 is 14.0 Å². The minimum absolute atomic E-state index is 0.180. The van der Waals surface area contributed by atoms with Crippen molar-refractivity contribution in [2.45, 2.75) is 4.90 Å². The second kappa shape index (κ2) is 7.78. The van der Waals surface area contributed by atoms with Crippen LogP contribution in [0.5, 0.6) is 0 Å². The van der Waals surface area contributed by atoms with Gasteiger partial charge in [0.1, 0.15) is 0 Å². The van der Waals surface area contributed by atoms with Gasteiger partial charge in [-0.1, -0.05) is 35.8 Å². The molecule has 0 radical (unpaired) electrons. The molecule has 0 saturated carbocycles. The number of benzene rings is 1. The third-order valence-electron chi connectivity index (χ3n) is 4.23. The zero-order valence-corrected chi connectivity index (χ0v) is 16.2. The molecule has 5 nitrogen and oxygen atoms in total. The van der Waals surface area contributed by atoms with Crippen LogP contribution in [-0.2, 0) is 4.79 Å². The van der Waals surface area contributed by atoms with Crippen molar-refractivity contribution in [3.63, 3.8) is 0 Å². The van der Waals surface area contributed by atoms with Crippen LogP contribution in [0.4, 0.5) is 0 Å². The lowest BCUT2D eigenvalue weighted by Crippen LogP contribution is -2.50. The van der Waals surface area contributed by atoms with Crippen molar-refractivity contribution in [3.05, 3.63) is 58.5 Å². The first-order valence-corrected chi connectivity index (χ1v) is 9.08. The van der Waals surface area contributed by atoms with E-state index < -0.39 is 0 Å². The van der Waals surface area contributed by atoms with Crippen molar-refractivity contribution >= 4 is 53.2 Å². The Hall–Kier alpha value is -1.89. The molecule has 3 rings (SSSR count). The van der Waals surface area contributed by atoms with E-state index in [1.807, 2.05) is 0 Å². The third-order valence-corrected chi connectivity index (χ3v) is 5.62. The first kappa shape index (κ1) is 18.9. The van der Waals surface area contributed by atoms with Crippen LogP contribution in [0, 0.1) is 0 Å². The van der Waals surface area contributed by atoms with Gasteiger partial charge in [0.25, 0.3) is 11.8 Å². The summed E-state index contributed by atoms with van der Waals surface area (Å²) in [5, 5.41) is 0.541. The molecule has 0 atom stereocenters. The summed E-state index contributed by atoms with van der Waals surface area (Å²) in [4.78, 5) is 28.9. The standard InChI is InChI=1S/C18H16Cl2N2O3S/c1-11(12-4-5-14(26)16(20)15(12)19)17(23)21-6-8-22(9-7-21)18(24)13-3-2-10-25-13/h2-5,10,26H,1,6-9H2. The molecule has 1 aromatic heterocycles. The summed E-state index contributed by atoms with van der Waals surface area (Å²) < 4.78 is 5.13. The largest absolute Gasteiger partial charge is 0.459 e. The molecular formula is C18H16Cl2N2O3S. The number of halogens is 2. The Morgan fingerprint density at radius 3 is 2.31 bits per heavy atom. The lowest BCUT2D eigenvalue weighted by atomic mass is 10.1. The summed E-state index contributed by atoms with van der Waals surface area (Å²) in [5.74, 6) is -0.123. The van der Waals surface area contributed by atoms with E-state index in [0.717, 1.165) is 0 Å². The van der Waals surface area contributed by atoms with E-state index in [1.165, 1.54) is 6.26 Å². The number of piperazine rings is 1. The molecule has 0 aliphatic carbocycles. The Labute approximate surface area is 166 Å². The van der Waals surface area contributed by atoms with Gasteiger partial charge in [0.05, 0.1) is 16.3 Å². The summed E-state index contributed by atoms with van der Waals surface area (Å²) in [7, 11) is 0. The summed E-state index contributed by atoms with van der Waals surface area (Å²) in [6, 6.07) is 6.64. The molecule has 1 fully saturated rings. The molecule has 136 valence electrons. The fourth-order valence-corrected chi connectivity index (χ4v) is 3.44. The van der Waals surface area contributed by atoms with E-state index in [2.05, 4.69) is 19.2 Å². The number of carbonyl (C=O) groups excluding carboxylic acids is 2. The van der Waals surface area contributed by atoms with Gasteiger partial charge >= 0.3 is 0 Å². The smallest absolute Gasteiger partial charge is 0.289 e. The molecule has 1 aliphatic rings. The second-order valence-corrected chi connectivity index (χ2v) is 7.04. The second-order valence-electron chi connectivity index (χ2n) is 5.80. The van der Waals surface area contributed by atoms with Gasteiger partial charge in [-0.05, 0) is 18.2 Å². The van der Waals surface area contributed by atoms with Crippen LogP contribution in [-0.4, -0.2) is 47.8 Å². The molecule has 2 heterocycles. The van der Waals surface area contributed by atoms with Crippen LogP contribution >= 0.6 is 35.8 Å². The number of furan rings is 1. The molecule has 0 unspecified atom stereocenters. The van der Waals surface area contributed by atoms with Crippen LogP contribution in [0.3, 0.4) is 0 Å². The highest BCUT2D eigenvalue weighted by atomic mass is 35.5. The lowest BCUT2D eigenvalue weighted by Gasteiger charge is -2.34. The number of amides is 2. The van der Waals surface area contributed by atoms with Gasteiger partial charge in [-0.3, -0.25) is 9.59 Å². The molecule has 1 aromatic carbocycles. The highest BCUT2D eigenvalue weighted by Gasteiger charge is 2.28. The van der Waals surface area contributed by atoms with Crippen LogP contribution in [0.15, 0.2) is 46.4 Å². The van der Waals surface area contributed by atoms with E-state index in [0.29, 0.717) is 42.4 Å². The maximum absolute atomic E-state index is 12.7. The summed E-state index contributed by atoms with van der Waals surface area (Å²) in [6.07, 6.45) is 1.46. The normalized spacial score (nSPS) is 14.4. The fraction of sp³-hybridized carbons (Fsp3) is 0.222. The average Bonchev–Trinajstić information content (AvgIpc) is 3.19. The van der Waals surface area contributed by atoms with Gasteiger partial charge in [-0.2, -0.15) is 0 Å². The zero-order chi connectivity index (χ0) is 18.8. The number of hydrogen-bond donors (Lipinski definition) is 1. The Morgan fingerprint density at radius 2 is 1.69 bits per heavy atom. The van der Waals surface area contributed by atoms with Gasteiger partial charge in [0.15, 0.2) is 5.76 Å². The van der Waals surface area contributed by atoms with Gasteiger partial charge in [0.2, 0.25) is 0 Å². The van der Waals surface area contributed by atoms with Crippen molar-refractivity contribution in [2.24, 2.45) is 0 Å². The van der Waals surface area contributed by atoms with Crippen LogP contribution in [0.25, 0.3) is 5.57 Å². The number of nitrogens with zero attached hydrogens (tertiary/aromatic N) is 2. The van der Waals surface area contributed by atoms with E-state index >= 15 is 0 Å². The lowest BCUT2D eigenvalue weighted by molar-refractivity contribution is -0.126. The molecule has 0 spiro atoms. The van der Waals surface area contributed by atoms with Gasteiger partial charge < -0.3 is 14.2 Å². The number of hydrogen-bond acceptors (Lipinski definition) is 4. The number of thiol groups is 1. The first-order valence-electron chi connectivity index (χ1n) is 7.88. The Balaban J connectivity index is 1.66. The van der Waals surface area contributed by atoms with Crippen LogP contribution < -0.4 is 0 Å². The molecule has 0 N–H and O–H groups in total. The SMILES string of the molecule is C=C(C(=O)N1CCN(C(=O)c2ccco2)CC1)c1ccc(S)c(Cl)c1Cl. The molecule has 26 heavy (non-hydrogen) atoms. The maximum Gasteiger partial charge on any atom is 0.289 e. The summed E-state index contributed by atoms with van der Waals surface area (Å²) in [6.45, 7) is 5.52. The fourth-order valence-electron chi connectivity index (χ4n) is 2.75. The van der Waals surface area contributed by atoms with E-state index in [9.17, 15) is 9.59 Å². The summed E-state index contributed by atoms with van der Waals surface area (Å²) in [5.41, 5.74) is 0.740. The quantitative estimate of drug-likeness (QED) is 0.616. The van der Waals surface area contributed by atoms with Gasteiger partial charge in [-0.25, -0.2) is 0 Å². The van der Waals surface area contributed by atoms with E-state index in [-0.39, 0.29) is 27.4 Å². The highest BCUT2D eigenvalue weighted by Crippen LogP contribution is 2.35. The first-order chi connectivity index (χ1) is 12.4. The maximum atomic E-state index is 12.7. The Bertz CT molecular complexity index is 860. The minimum atomic E-state index is -0.236. The molecule has 1 saturated heterocycles. The Kier molecular flexibility index (Phi) is 5.65. The number of carbonyl (C=O) groups is 2. The van der Waals surface area contributed by atoms with E-state index in [1.54, 1.807) is 34.1 Å². The number of rotatable bonds is 3. The topological polar surface area (TPSA) is 53.8 Å². The Morgan fingerprint density at radius 1 is 1.04 bits per heavy atom. The van der Waals surface area contributed by atoms with E-state index in [4.69, 9.17) is 27.6 Å². The molecule has 1 aliphatic heterocycles. The van der Waals surface area contributed by atoms with Crippen molar-refractivity contribution in [3.8, 4) is 0 Å². The monoisotopic (exact) mass is 410 g/mol.